The molecule has 35 heavy (non-hydrogen) atoms. The Morgan fingerprint density at radius 1 is 1.11 bits per heavy atom. The first-order chi connectivity index (χ1) is 16.7. The highest BCUT2D eigenvalue weighted by molar-refractivity contribution is 5.94. The first kappa shape index (κ1) is 25.4. The maximum absolute atomic E-state index is 13.7. The number of rotatable bonds is 2. The molecule has 0 bridgehead atoms. The molecular formula is C29H37NO5. The summed E-state index contributed by atoms with van der Waals surface area (Å²) in [6.45, 7) is 8.27. The van der Waals surface area contributed by atoms with Crippen molar-refractivity contribution in [1.29, 1.82) is 0 Å². The predicted molar refractivity (Wildman–Crippen MR) is 134 cm³/mol. The number of ether oxygens (including phenoxy) is 1. The SMILES string of the molecule is C=C1C(O)[C@@H]2/C=C/C[C@H](C)CCC[C@@H](O)C=CC(=O)O[C@]23C(=O)N[C@@H](Cc2ccccc2)[C@@H]3[C@@H]1C. The summed E-state index contributed by atoms with van der Waals surface area (Å²) in [5, 5.41) is 24.7. The molecule has 1 aromatic carbocycles. The maximum Gasteiger partial charge on any atom is 0.331 e. The Labute approximate surface area is 207 Å². The third-order valence-corrected chi connectivity index (χ3v) is 8.04. The molecule has 3 aliphatic rings. The van der Waals surface area contributed by atoms with Crippen molar-refractivity contribution in [2.45, 2.75) is 69.8 Å². The molecule has 1 aromatic rings. The highest BCUT2D eigenvalue weighted by Gasteiger charge is 2.67. The van der Waals surface area contributed by atoms with Gasteiger partial charge in [-0.15, -0.1) is 0 Å². The molecule has 1 aliphatic carbocycles. The molecule has 6 nitrogen and oxygen atoms in total. The first-order valence-corrected chi connectivity index (χ1v) is 12.7. The molecule has 0 aromatic heterocycles. The minimum Gasteiger partial charge on any atom is -0.445 e. The van der Waals surface area contributed by atoms with Crippen LogP contribution in [0.3, 0.4) is 0 Å². The van der Waals surface area contributed by atoms with Crippen molar-refractivity contribution in [2.24, 2.45) is 23.7 Å². The number of hydrogen-bond donors (Lipinski definition) is 3. The van der Waals surface area contributed by atoms with Gasteiger partial charge in [0.05, 0.1) is 18.1 Å². The molecule has 1 spiro atoms. The van der Waals surface area contributed by atoms with E-state index in [2.05, 4.69) is 18.8 Å². The summed E-state index contributed by atoms with van der Waals surface area (Å²) in [7, 11) is 0. The van der Waals surface area contributed by atoms with E-state index < -0.39 is 35.6 Å². The fraction of sp³-hybridized carbons (Fsp3) is 0.517. The normalized spacial score (nSPS) is 39.1. The second kappa shape index (κ2) is 10.5. The summed E-state index contributed by atoms with van der Waals surface area (Å²) >= 11 is 0. The molecule has 1 saturated carbocycles. The Hall–Kier alpha value is -2.70. The summed E-state index contributed by atoms with van der Waals surface area (Å²) in [5.74, 6) is -2.13. The van der Waals surface area contributed by atoms with E-state index in [9.17, 15) is 19.8 Å². The molecule has 188 valence electrons. The van der Waals surface area contributed by atoms with Gasteiger partial charge in [-0.1, -0.05) is 75.8 Å². The van der Waals surface area contributed by atoms with Crippen LogP contribution in [-0.4, -0.2) is 45.9 Å². The fourth-order valence-corrected chi connectivity index (χ4v) is 6.09. The van der Waals surface area contributed by atoms with Gasteiger partial charge in [-0.05, 0) is 48.3 Å². The first-order valence-electron chi connectivity index (χ1n) is 12.7. The zero-order valence-corrected chi connectivity index (χ0v) is 20.6. The minimum absolute atomic E-state index is 0.262. The minimum atomic E-state index is -1.57. The predicted octanol–water partition coefficient (Wildman–Crippen LogP) is 3.49. The number of aliphatic hydroxyl groups is 2. The number of nitrogens with one attached hydrogen (secondary N) is 1. The molecular weight excluding hydrogens is 442 g/mol. The molecule has 1 amide bonds. The zero-order valence-electron chi connectivity index (χ0n) is 20.6. The summed E-state index contributed by atoms with van der Waals surface area (Å²) in [4.78, 5) is 26.8. The lowest BCUT2D eigenvalue weighted by molar-refractivity contribution is -0.182. The van der Waals surface area contributed by atoms with Crippen LogP contribution in [0.4, 0.5) is 0 Å². The Morgan fingerprint density at radius 3 is 2.60 bits per heavy atom. The molecule has 0 radical (unpaired) electrons. The van der Waals surface area contributed by atoms with Gasteiger partial charge in [0.2, 0.25) is 5.60 Å². The van der Waals surface area contributed by atoms with Gasteiger partial charge in [0.15, 0.2) is 0 Å². The van der Waals surface area contributed by atoms with Crippen molar-refractivity contribution in [3.63, 3.8) is 0 Å². The van der Waals surface area contributed by atoms with E-state index in [1.807, 2.05) is 49.4 Å². The summed E-state index contributed by atoms with van der Waals surface area (Å²) in [5.41, 5.74) is 0.136. The van der Waals surface area contributed by atoms with Crippen LogP contribution in [0.2, 0.25) is 0 Å². The van der Waals surface area contributed by atoms with Gasteiger partial charge in [-0.3, -0.25) is 4.79 Å². The summed E-state index contributed by atoms with van der Waals surface area (Å²) in [6.07, 6.45) is 8.39. The van der Waals surface area contributed by atoms with E-state index in [0.717, 1.165) is 24.8 Å². The van der Waals surface area contributed by atoms with Crippen LogP contribution in [0.5, 0.6) is 0 Å². The van der Waals surface area contributed by atoms with Gasteiger partial charge in [0.25, 0.3) is 5.91 Å². The lowest BCUT2D eigenvalue weighted by atomic mass is 9.59. The van der Waals surface area contributed by atoms with Crippen LogP contribution in [0.15, 0.2) is 66.8 Å². The van der Waals surface area contributed by atoms with Crippen molar-refractivity contribution in [3.05, 3.63) is 72.4 Å². The quantitative estimate of drug-likeness (QED) is 0.446. The number of allylic oxidation sites excluding steroid dienone is 1. The largest absolute Gasteiger partial charge is 0.445 e. The molecule has 1 unspecified atom stereocenters. The number of carbonyl (C=O) groups excluding carboxylic acids is 2. The monoisotopic (exact) mass is 479 g/mol. The zero-order chi connectivity index (χ0) is 25.2. The van der Waals surface area contributed by atoms with Gasteiger partial charge in [0.1, 0.15) is 0 Å². The van der Waals surface area contributed by atoms with E-state index >= 15 is 0 Å². The Balaban J connectivity index is 1.78. The molecule has 2 heterocycles. The van der Waals surface area contributed by atoms with E-state index in [1.165, 1.54) is 12.2 Å². The van der Waals surface area contributed by atoms with E-state index in [1.54, 1.807) is 0 Å². The molecule has 4 rings (SSSR count). The van der Waals surface area contributed by atoms with Crippen LogP contribution < -0.4 is 5.32 Å². The topological polar surface area (TPSA) is 95.9 Å². The number of hydrogen-bond acceptors (Lipinski definition) is 5. The van der Waals surface area contributed by atoms with Crippen LogP contribution in [-0.2, 0) is 20.7 Å². The Kier molecular flexibility index (Phi) is 7.62. The van der Waals surface area contributed by atoms with Crippen molar-refractivity contribution in [2.75, 3.05) is 0 Å². The van der Waals surface area contributed by atoms with Crippen molar-refractivity contribution in [3.8, 4) is 0 Å². The number of aliphatic hydroxyl groups excluding tert-OH is 2. The Morgan fingerprint density at radius 2 is 1.86 bits per heavy atom. The molecule has 8 atom stereocenters. The third-order valence-electron chi connectivity index (χ3n) is 8.04. The van der Waals surface area contributed by atoms with E-state index in [0.29, 0.717) is 24.3 Å². The highest BCUT2D eigenvalue weighted by Crippen LogP contribution is 2.52. The fourth-order valence-electron chi connectivity index (χ4n) is 6.09. The van der Waals surface area contributed by atoms with Crippen LogP contribution in [0.1, 0.15) is 45.1 Å². The molecule has 3 N–H and O–H groups in total. The average molecular weight is 480 g/mol. The number of amides is 1. The van der Waals surface area contributed by atoms with E-state index in [4.69, 9.17) is 4.74 Å². The average Bonchev–Trinajstić information content (AvgIpc) is 3.09. The molecule has 1 saturated heterocycles. The molecule has 6 heteroatoms. The van der Waals surface area contributed by atoms with Crippen molar-refractivity contribution >= 4 is 11.9 Å². The summed E-state index contributed by atoms with van der Waals surface area (Å²) < 4.78 is 6.05. The van der Waals surface area contributed by atoms with Crippen molar-refractivity contribution in [1.82, 2.24) is 5.32 Å². The van der Waals surface area contributed by atoms with Crippen molar-refractivity contribution < 1.29 is 24.5 Å². The van der Waals surface area contributed by atoms with Gasteiger partial charge in [-0.25, -0.2) is 4.79 Å². The summed E-state index contributed by atoms with van der Waals surface area (Å²) in [6, 6.07) is 9.59. The second-order valence-electron chi connectivity index (χ2n) is 10.5. The second-order valence-corrected chi connectivity index (χ2v) is 10.5. The maximum atomic E-state index is 13.7. The molecule has 2 fully saturated rings. The molecule has 2 aliphatic heterocycles. The standard InChI is InChI=1S/C29H37NO5/c1-18-9-7-13-22(31)15-16-25(32)35-29-23(14-8-10-18)27(33)20(3)19(2)26(29)24(30-28(29)34)17-21-11-5-4-6-12-21/h4-6,8,11-12,14-16,18-19,22-24,26-27,31,33H,3,7,9-10,13,17H2,1-2H3,(H,30,34)/b14-8+,16-15?/t18-,19-,22-,23+,24+,26+,27?,29-/m1/s1. The lowest BCUT2D eigenvalue weighted by Gasteiger charge is -2.49. The van der Waals surface area contributed by atoms with E-state index in [-0.39, 0.29) is 17.9 Å². The van der Waals surface area contributed by atoms with Gasteiger partial charge < -0.3 is 20.3 Å². The van der Waals surface area contributed by atoms with Gasteiger partial charge >= 0.3 is 5.97 Å². The smallest absolute Gasteiger partial charge is 0.331 e. The van der Waals surface area contributed by atoms with Crippen LogP contribution in [0, 0.1) is 23.7 Å². The number of esters is 1. The Bertz CT molecular complexity index is 1000. The lowest BCUT2D eigenvalue weighted by Crippen LogP contribution is -2.61. The highest BCUT2D eigenvalue weighted by atomic mass is 16.6. The van der Waals surface area contributed by atoms with Crippen LogP contribution >= 0.6 is 0 Å². The number of carbonyl (C=O) groups is 2. The number of benzene rings is 1. The van der Waals surface area contributed by atoms with Gasteiger partial charge in [-0.2, -0.15) is 0 Å². The van der Waals surface area contributed by atoms with Crippen LogP contribution in [0.25, 0.3) is 0 Å². The third kappa shape index (κ3) is 5.00. The van der Waals surface area contributed by atoms with Gasteiger partial charge in [0, 0.05) is 18.0 Å².